The Kier molecular flexibility index (Phi) is 4.45. The number of rotatable bonds is 4. The first-order chi connectivity index (χ1) is 9.10. The van der Waals surface area contributed by atoms with Gasteiger partial charge in [0.15, 0.2) is 0 Å². The maximum atomic E-state index is 10.2. The van der Waals surface area contributed by atoms with Gasteiger partial charge in [-0.25, -0.2) is 0 Å². The summed E-state index contributed by atoms with van der Waals surface area (Å²) in [5.74, 6) is 0.939. The van der Waals surface area contributed by atoms with Crippen LogP contribution in [0.3, 0.4) is 0 Å². The van der Waals surface area contributed by atoms with Crippen LogP contribution in [-0.2, 0) is 6.42 Å². The van der Waals surface area contributed by atoms with Crippen molar-refractivity contribution in [2.45, 2.75) is 12.5 Å². The number of benzene rings is 2. The molecule has 0 spiro atoms. The lowest BCUT2D eigenvalue weighted by Crippen LogP contribution is -2.02. The molecule has 1 unspecified atom stereocenters. The largest absolute Gasteiger partial charge is 0.508 e. The van der Waals surface area contributed by atoms with Gasteiger partial charge in [-0.1, -0.05) is 18.2 Å². The number of aromatic hydroxyl groups is 1. The molecule has 4 heteroatoms. The van der Waals surface area contributed by atoms with Crippen LogP contribution in [0.5, 0.6) is 11.5 Å². The van der Waals surface area contributed by atoms with E-state index in [1.165, 1.54) is 0 Å². The first kappa shape index (κ1) is 13.9. The molecule has 0 bridgehead atoms. The molecule has 0 fully saturated rings. The number of phenols is 1. The van der Waals surface area contributed by atoms with Crippen molar-refractivity contribution in [3.05, 3.63) is 58.1 Å². The number of hydrogen-bond donors (Lipinski definition) is 2. The Labute approximate surface area is 120 Å². The Balaban J connectivity index is 2.15. The standard InChI is InChI=1S/C15H15BrO3/c1-19-15-6-5-11(9-13(15)16)14(18)8-10-3-2-4-12(17)7-10/h2-7,9,14,17-18H,8H2,1H3. The van der Waals surface area contributed by atoms with Crippen molar-refractivity contribution in [3.8, 4) is 11.5 Å². The predicted octanol–water partition coefficient (Wildman–Crippen LogP) is 3.44. The van der Waals surface area contributed by atoms with E-state index in [9.17, 15) is 10.2 Å². The Morgan fingerprint density at radius 2 is 2.00 bits per heavy atom. The van der Waals surface area contributed by atoms with Crippen molar-refractivity contribution >= 4 is 15.9 Å². The number of hydrogen-bond acceptors (Lipinski definition) is 3. The van der Waals surface area contributed by atoms with Gasteiger partial charge in [-0.15, -0.1) is 0 Å². The average molecular weight is 323 g/mol. The molecule has 2 N–H and O–H groups in total. The fourth-order valence-corrected chi connectivity index (χ4v) is 2.47. The molecular weight excluding hydrogens is 308 g/mol. The smallest absolute Gasteiger partial charge is 0.133 e. The van der Waals surface area contributed by atoms with E-state index >= 15 is 0 Å². The summed E-state index contributed by atoms with van der Waals surface area (Å²) >= 11 is 3.40. The molecule has 1 atom stereocenters. The highest BCUT2D eigenvalue weighted by Gasteiger charge is 2.11. The third-order valence-electron chi connectivity index (χ3n) is 2.90. The molecule has 0 radical (unpaired) electrons. The van der Waals surface area contributed by atoms with Gasteiger partial charge in [-0.2, -0.15) is 0 Å². The minimum atomic E-state index is -0.621. The van der Waals surface area contributed by atoms with E-state index in [0.29, 0.717) is 6.42 Å². The minimum Gasteiger partial charge on any atom is -0.508 e. The highest BCUT2D eigenvalue weighted by molar-refractivity contribution is 9.10. The summed E-state index contributed by atoms with van der Waals surface area (Å²) in [5.41, 5.74) is 1.69. The zero-order chi connectivity index (χ0) is 13.8. The van der Waals surface area contributed by atoms with Crippen LogP contribution < -0.4 is 4.74 Å². The van der Waals surface area contributed by atoms with Crippen LogP contribution in [-0.4, -0.2) is 17.3 Å². The monoisotopic (exact) mass is 322 g/mol. The molecule has 0 aromatic heterocycles. The molecule has 0 heterocycles. The molecule has 19 heavy (non-hydrogen) atoms. The topological polar surface area (TPSA) is 49.7 Å². The van der Waals surface area contributed by atoms with E-state index in [-0.39, 0.29) is 5.75 Å². The van der Waals surface area contributed by atoms with Crippen LogP contribution in [0.4, 0.5) is 0 Å². The van der Waals surface area contributed by atoms with Crippen LogP contribution in [0, 0.1) is 0 Å². The van der Waals surface area contributed by atoms with Crippen LogP contribution in [0.2, 0.25) is 0 Å². The van der Waals surface area contributed by atoms with E-state index < -0.39 is 6.10 Å². The number of halogens is 1. The summed E-state index contributed by atoms with van der Waals surface area (Å²) in [4.78, 5) is 0. The van der Waals surface area contributed by atoms with Crippen molar-refractivity contribution in [2.75, 3.05) is 7.11 Å². The van der Waals surface area contributed by atoms with Gasteiger partial charge in [0.1, 0.15) is 11.5 Å². The number of ether oxygens (including phenoxy) is 1. The lowest BCUT2D eigenvalue weighted by Gasteiger charge is -2.13. The fourth-order valence-electron chi connectivity index (χ4n) is 1.91. The summed E-state index contributed by atoms with van der Waals surface area (Å²) in [7, 11) is 1.60. The predicted molar refractivity (Wildman–Crippen MR) is 77.5 cm³/mol. The molecule has 3 nitrogen and oxygen atoms in total. The average Bonchev–Trinajstić information content (AvgIpc) is 2.38. The van der Waals surface area contributed by atoms with Gasteiger partial charge in [-0.3, -0.25) is 0 Å². The normalized spacial score (nSPS) is 12.2. The van der Waals surface area contributed by atoms with Gasteiger partial charge in [0.05, 0.1) is 17.7 Å². The quantitative estimate of drug-likeness (QED) is 0.906. The van der Waals surface area contributed by atoms with Crippen molar-refractivity contribution in [1.82, 2.24) is 0 Å². The number of aliphatic hydroxyl groups is 1. The van der Waals surface area contributed by atoms with E-state index in [2.05, 4.69) is 15.9 Å². The van der Waals surface area contributed by atoms with E-state index in [1.807, 2.05) is 24.3 Å². The highest BCUT2D eigenvalue weighted by Crippen LogP contribution is 2.29. The number of methoxy groups -OCH3 is 1. The fraction of sp³-hybridized carbons (Fsp3) is 0.200. The Bertz CT molecular complexity index is 569. The lowest BCUT2D eigenvalue weighted by atomic mass is 10.0. The summed E-state index contributed by atoms with van der Waals surface area (Å²) in [6.07, 6.45) is -0.170. The molecular formula is C15H15BrO3. The van der Waals surface area contributed by atoms with E-state index in [4.69, 9.17) is 4.74 Å². The first-order valence-electron chi connectivity index (χ1n) is 5.89. The van der Waals surface area contributed by atoms with Crippen molar-refractivity contribution in [2.24, 2.45) is 0 Å². The maximum absolute atomic E-state index is 10.2. The summed E-state index contributed by atoms with van der Waals surface area (Å²) in [6.45, 7) is 0. The van der Waals surface area contributed by atoms with Crippen molar-refractivity contribution < 1.29 is 14.9 Å². The van der Waals surface area contributed by atoms with Gasteiger partial charge in [0, 0.05) is 6.42 Å². The van der Waals surface area contributed by atoms with Crippen molar-refractivity contribution in [3.63, 3.8) is 0 Å². The molecule has 0 amide bonds. The van der Waals surface area contributed by atoms with Crippen LogP contribution in [0.1, 0.15) is 17.2 Å². The molecule has 2 rings (SSSR count). The van der Waals surface area contributed by atoms with Crippen LogP contribution in [0.15, 0.2) is 46.9 Å². The zero-order valence-corrected chi connectivity index (χ0v) is 12.1. The van der Waals surface area contributed by atoms with Gasteiger partial charge >= 0.3 is 0 Å². The summed E-state index contributed by atoms with van der Waals surface area (Å²) < 4.78 is 5.96. The lowest BCUT2D eigenvalue weighted by molar-refractivity contribution is 0.178. The maximum Gasteiger partial charge on any atom is 0.133 e. The molecule has 0 saturated carbocycles. The van der Waals surface area contributed by atoms with Gasteiger partial charge < -0.3 is 14.9 Å². The second-order valence-electron chi connectivity index (χ2n) is 4.28. The molecule has 0 aliphatic carbocycles. The van der Waals surface area contributed by atoms with Gasteiger partial charge in [-0.05, 0) is 51.3 Å². The van der Waals surface area contributed by atoms with Crippen molar-refractivity contribution in [1.29, 1.82) is 0 Å². The van der Waals surface area contributed by atoms with Gasteiger partial charge in [0.2, 0.25) is 0 Å². The van der Waals surface area contributed by atoms with E-state index in [1.54, 1.807) is 25.3 Å². The van der Waals surface area contributed by atoms with Gasteiger partial charge in [0.25, 0.3) is 0 Å². The van der Waals surface area contributed by atoms with E-state index in [0.717, 1.165) is 21.3 Å². The summed E-state index contributed by atoms with van der Waals surface area (Å²) in [6, 6.07) is 12.4. The second-order valence-corrected chi connectivity index (χ2v) is 5.14. The second kappa shape index (κ2) is 6.08. The molecule has 100 valence electrons. The van der Waals surface area contributed by atoms with Crippen LogP contribution >= 0.6 is 15.9 Å². The number of phenolic OH excluding ortho intramolecular Hbond substituents is 1. The van der Waals surface area contributed by atoms with Crippen LogP contribution in [0.25, 0.3) is 0 Å². The Hall–Kier alpha value is -1.52. The molecule has 0 saturated heterocycles. The molecule has 0 aliphatic heterocycles. The Morgan fingerprint density at radius 1 is 1.21 bits per heavy atom. The zero-order valence-electron chi connectivity index (χ0n) is 10.5. The third kappa shape index (κ3) is 3.49. The molecule has 2 aromatic rings. The third-order valence-corrected chi connectivity index (χ3v) is 3.52. The molecule has 0 aliphatic rings. The first-order valence-corrected chi connectivity index (χ1v) is 6.69. The highest BCUT2D eigenvalue weighted by atomic mass is 79.9. The summed E-state index contributed by atoms with van der Waals surface area (Å²) in [5, 5.41) is 19.6. The SMILES string of the molecule is COc1ccc(C(O)Cc2cccc(O)c2)cc1Br. The minimum absolute atomic E-state index is 0.209. The molecule has 2 aromatic carbocycles. The number of aliphatic hydroxyl groups excluding tert-OH is 1. The Morgan fingerprint density at radius 3 is 2.63 bits per heavy atom.